The molecule has 0 atom stereocenters. The second-order valence-corrected chi connectivity index (χ2v) is 9.64. The van der Waals surface area contributed by atoms with Crippen LogP contribution in [0.4, 0.5) is 4.39 Å². The number of hydrogen-bond acceptors (Lipinski definition) is 3. The summed E-state index contributed by atoms with van der Waals surface area (Å²) in [5, 5.41) is 2.81. The lowest BCUT2D eigenvalue weighted by molar-refractivity contribution is 0.0949. The number of carbonyl (C=O) groups excluding carboxylic acids is 1. The Morgan fingerprint density at radius 3 is 2.49 bits per heavy atom. The molecule has 0 fully saturated rings. The van der Waals surface area contributed by atoms with Crippen LogP contribution in [0, 0.1) is 5.82 Å². The molecule has 0 radical (unpaired) electrons. The first-order valence-electron chi connectivity index (χ1n) is 13.2. The lowest BCUT2D eigenvalue weighted by atomic mass is 10.0. The molecule has 6 heteroatoms. The minimum atomic E-state index is -0.492. The van der Waals surface area contributed by atoms with Crippen molar-refractivity contribution in [1.82, 2.24) is 14.9 Å². The number of nitrogens with one attached hydrogen (secondary N) is 1. The Morgan fingerprint density at radius 1 is 0.946 bits per heavy atom. The zero-order valence-corrected chi connectivity index (χ0v) is 21.8. The van der Waals surface area contributed by atoms with Crippen LogP contribution in [0.1, 0.15) is 67.2 Å². The molecule has 0 aliphatic carbocycles. The Balaban J connectivity index is 1.24. The fourth-order valence-electron chi connectivity index (χ4n) is 4.45. The highest BCUT2D eigenvalue weighted by atomic mass is 19.1. The molecule has 0 aliphatic rings. The van der Waals surface area contributed by atoms with Gasteiger partial charge in [0.2, 0.25) is 0 Å². The first kappa shape index (κ1) is 26.4. The number of imidazole rings is 1. The van der Waals surface area contributed by atoms with E-state index in [0.717, 1.165) is 61.3 Å². The van der Waals surface area contributed by atoms with Crippen molar-refractivity contribution >= 4 is 16.9 Å². The average molecular weight is 502 g/mol. The quantitative estimate of drug-likeness (QED) is 0.203. The Hall–Kier alpha value is -3.67. The van der Waals surface area contributed by atoms with Gasteiger partial charge in [-0.1, -0.05) is 56.7 Å². The Kier molecular flexibility index (Phi) is 9.30. The average Bonchev–Trinajstić information content (AvgIpc) is 3.26. The standard InChI is InChI=1S/C31H36FN3O2/c1-23(2)24-16-18-25(19-17-24)37-22-10-21-35-29-14-8-7-13-28(29)34-30(35)15-4-3-9-20-33-31(36)26-11-5-6-12-27(26)32/h5-8,11-14,16-19,23H,3-4,9-10,15,20-22H2,1-2H3,(H,33,36). The highest BCUT2D eigenvalue weighted by Gasteiger charge is 2.12. The van der Waals surface area contributed by atoms with E-state index in [0.29, 0.717) is 19.1 Å². The van der Waals surface area contributed by atoms with E-state index < -0.39 is 5.82 Å². The maximum atomic E-state index is 13.7. The summed E-state index contributed by atoms with van der Waals surface area (Å²) in [6.45, 7) is 6.40. The van der Waals surface area contributed by atoms with E-state index in [1.165, 1.54) is 17.7 Å². The molecule has 4 aromatic rings. The van der Waals surface area contributed by atoms with Crippen LogP contribution >= 0.6 is 0 Å². The van der Waals surface area contributed by atoms with Crippen molar-refractivity contribution < 1.29 is 13.9 Å². The van der Waals surface area contributed by atoms with Crippen LogP contribution in [0.3, 0.4) is 0 Å². The maximum absolute atomic E-state index is 13.7. The molecule has 1 aromatic heterocycles. The van der Waals surface area contributed by atoms with E-state index in [2.05, 4.69) is 54.1 Å². The van der Waals surface area contributed by atoms with Crippen LogP contribution in [-0.4, -0.2) is 28.6 Å². The van der Waals surface area contributed by atoms with Crippen LogP contribution in [0.5, 0.6) is 5.75 Å². The SMILES string of the molecule is CC(C)c1ccc(OCCCn2c(CCCCCNC(=O)c3ccccc3F)nc3ccccc32)cc1. The van der Waals surface area contributed by atoms with Gasteiger partial charge in [0.15, 0.2) is 0 Å². The van der Waals surface area contributed by atoms with Crippen LogP contribution in [0.25, 0.3) is 11.0 Å². The van der Waals surface area contributed by atoms with Crippen LogP contribution in [0.2, 0.25) is 0 Å². The highest BCUT2D eigenvalue weighted by molar-refractivity contribution is 5.94. The summed E-state index contributed by atoms with van der Waals surface area (Å²) in [5.74, 6) is 1.64. The van der Waals surface area contributed by atoms with Gasteiger partial charge in [-0.05, 0) is 67.1 Å². The van der Waals surface area contributed by atoms with Crippen molar-refractivity contribution in [3.8, 4) is 5.75 Å². The van der Waals surface area contributed by atoms with Gasteiger partial charge in [-0.2, -0.15) is 0 Å². The predicted octanol–water partition coefficient (Wildman–Crippen LogP) is 6.91. The summed E-state index contributed by atoms with van der Waals surface area (Å²) in [5.41, 5.74) is 3.57. The molecule has 4 rings (SSSR count). The van der Waals surface area contributed by atoms with E-state index in [1.807, 2.05) is 18.2 Å². The van der Waals surface area contributed by atoms with Gasteiger partial charge in [-0.15, -0.1) is 0 Å². The fourth-order valence-corrected chi connectivity index (χ4v) is 4.45. The number of nitrogens with zero attached hydrogens (tertiary/aromatic N) is 2. The molecule has 0 bridgehead atoms. The first-order chi connectivity index (χ1) is 18.0. The number of rotatable bonds is 13. The third-order valence-corrected chi connectivity index (χ3v) is 6.56. The molecule has 0 unspecified atom stereocenters. The molecule has 37 heavy (non-hydrogen) atoms. The molecule has 194 valence electrons. The van der Waals surface area contributed by atoms with Crippen molar-refractivity contribution in [3.63, 3.8) is 0 Å². The van der Waals surface area contributed by atoms with Gasteiger partial charge < -0.3 is 14.6 Å². The van der Waals surface area contributed by atoms with Crippen molar-refractivity contribution in [3.05, 3.63) is 95.6 Å². The molecule has 0 saturated carbocycles. The Bertz CT molecular complexity index is 1300. The van der Waals surface area contributed by atoms with Crippen molar-refractivity contribution in [2.45, 2.75) is 58.4 Å². The fraction of sp³-hybridized carbons (Fsp3) is 0.355. The number of carbonyl (C=O) groups is 1. The van der Waals surface area contributed by atoms with Gasteiger partial charge in [0.05, 0.1) is 23.2 Å². The third-order valence-electron chi connectivity index (χ3n) is 6.56. The number of unbranched alkanes of at least 4 members (excludes halogenated alkanes) is 2. The van der Waals surface area contributed by atoms with Gasteiger partial charge in [0.1, 0.15) is 17.4 Å². The summed E-state index contributed by atoms with van der Waals surface area (Å²) in [6.07, 6.45) is 4.52. The first-order valence-corrected chi connectivity index (χ1v) is 13.2. The van der Waals surface area contributed by atoms with E-state index in [9.17, 15) is 9.18 Å². The summed E-state index contributed by atoms with van der Waals surface area (Å²) >= 11 is 0. The van der Waals surface area contributed by atoms with Gasteiger partial charge in [-0.3, -0.25) is 4.79 Å². The largest absolute Gasteiger partial charge is 0.494 e. The molecule has 1 heterocycles. The van der Waals surface area contributed by atoms with E-state index in [4.69, 9.17) is 9.72 Å². The summed E-state index contributed by atoms with van der Waals surface area (Å²) < 4.78 is 22.0. The van der Waals surface area contributed by atoms with Crippen LogP contribution in [-0.2, 0) is 13.0 Å². The molecular formula is C31H36FN3O2. The number of ether oxygens (including phenoxy) is 1. The van der Waals surface area contributed by atoms with E-state index >= 15 is 0 Å². The molecule has 0 saturated heterocycles. The van der Waals surface area contributed by atoms with Crippen molar-refractivity contribution in [2.24, 2.45) is 0 Å². The van der Waals surface area contributed by atoms with E-state index in [-0.39, 0.29) is 11.5 Å². The summed E-state index contributed by atoms with van der Waals surface area (Å²) in [4.78, 5) is 17.0. The molecule has 1 N–H and O–H groups in total. The number of para-hydroxylation sites is 2. The number of fused-ring (bicyclic) bond motifs is 1. The monoisotopic (exact) mass is 501 g/mol. The summed E-state index contributed by atoms with van der Waals surface area (Å²) in [7, 11) is 0. The van der Waals surface area contributed by atoms with Gasteiger partial charge in [-0.25, -0.2) is 9.37 Å². The molecular weight excluding hydrogens is 465 g/mol. The maximum Gasteiger partial charge on any atom is 0.254 e. The highest BCUT2D eigenvalue weighted by Crippen LogP contribution is 2.20. The summed E-state index contributed by atoms with van der Waals surface area (Å²) in [6, 6.07) is 22.7. The molecule has 0 aliphatic heterocycles. The molecule has 0 spiro atoms. The van der Waals surface area contributed by atoms with Gasteiger partial charge in [0.25, 0.3) is 5.91 Å². The molecule has 1 amide bonds. The zero-order chi connectivity index (χ0) is 26.0. The third kappa shape index (κ3) is 7.19. The topological polar surface area (TPSA) is 56.1 Å². The molecule has 5 nitrogen and oxygen atoms in total. The number of benzene rings is 3. The Labute approximate surface area is 218 Å². The van der Waals surface area contributed by atoms with Crippen molar-refractivity contribution in [1.29, 1.82) is 0 Å². The van der Waals surface area contributed by atoms with Gasteiger partial charge >= 0.3 is 0 Å². The molecule has 3 aromatic carbocycles. The zero-order valence-electron chi connectivity index (χ0n) is 21.8. The second-order valence-electron chi connectivity index (χ2n) is 9.64. The van der Waals surface area contributed by atoms with Crippen LogP contribution in [0.15, 0.2) is 72.8 Å². The lowest BCUT2D eigenvalue weighted by Gasteiger charge is -2.11. The Morgan fingerprint density at radius 2 is 1.70 bits per heavy atom. The smallest absolute Gasteiger partial charge is 0.254 e. The number of aromatic nitrogens is 2. The van der Waals surface area contributed by atoms with Gasteiger partial charge in [0, 0.05) is 19.5 Å². The van der Waals surface area contributed by atoms with E-state index in [1.54, 1.807) is 12.1 Å². The van der Waals surface area contributed by atoms with Crippen molar-refractivity contribution in [2.75, 3.05) is 13.2 Å². The number of aryl methyl sites for hydroxylation is 2. The number of halogens is 1. The number of hydrogen-bond donors (Lipinski definition) is 1. The predicted molar refractivity (Wildman–Crippen MR) is 147 cm³/mol. The van der Waals surface area contributed by atoms with Crippen LogP contribution < -0.4 is 10.1 Å². The lowest BCUT2D eigenvalue weighted by Crippen LogP contribution is -2.25. The second kappa shape index (κ2) is 13.0. The normalized spacial score (nSPS) is 11.2. The minimum Gasteiger partial charge on any atom is -0.494 e. The number of amides is 1. The minimum absolute atomic E-state index is 0.0905.